The number of carbonyl (C=O) groups excluding carboxylic acids is 1. The van der Waals surface area contributed by atoms with E-state index in [-0.39, 0.29) is 12.5 Å². The predicted molar refractivity (Wildman–Crippen MR) is 340 cm³/mol. The van der Waals surface area contributed by atoms with Crippen LogP contribution >= 0.6 is 0 Å². The molecule has 1 fully saturated rings. The van der Waals surface area contributed by atoms with E-state index in [2.05, 4.69) is 141 Å². The normalized spacial score (nSPS) is 19.4. The van der Waals surface area contributed by atoms with Crippen molar-refractivity contribution < 1.29 is 39.8 Å². The van der Waals surface area contributed by atoms with Crippen LogP contribution in [-0.2, 0) is 14.3 Å². The zero-order chi connectivity index (χ0) is 57.9. The van der Waals surface area contributed by atoms with Crippen LogP contribution in [0.25, 0.3) is 0 Å². The molecule has 7 atom stereocenters. The Hall–Kier alpha value is -3.67. The molecule has 1 amide bonds. The smallest absolute Gasteiger partial charge is 0.220 e. The first-order valence-electron chi connectivity index (χ1n) is 32.4. The minimum atomic E-state index is -1.58. The lowest BCUT2D eigenvalue weighted by Crippen LogP contribution is -2.60. The Kier molecular flexibility index (Phi) is 54.4. The highest BCUT2D eigenvalue weighted by Gasteiger charge is 2.44. The van der Waals surface area contributed by atoms with Gasteiger partial charge in [-0.05, 0) is 109 Å². The van der Waals surface area contributed by atoms with Crippen LogP contribution in [0.2, 0.25) is 0 Å². The molecule has 0 saturated carbocycles. The number of hydrogen-bond donors (Lipinski definition) is 6. The van der Waals surface area contributed by atoms with Gasteiger partial charge in [0.15, 0.2) is 6.29 Å². The number of aliphatic hydroxyl groups is 5. The predicted octanol–water partition coefficient (Wildman–Crippen LogP) is 17.2. The molecule has 7 unspecified atom stereocenters. The summed E-state index contributed by atoms with van der Waals surface area (Å²) in [7, 11) is 0. The van der Waals surface area contributed by atoms with Crippen molar-refractivity contribution in [2.24, 2.45) is 0 Å². The SMILES string of the molecule is CC/C=C\C/C=C\C/C=C\C/C=C\C/C=C\C/C=C\C/C=C\C/C=C\CCCCCCCCCCCCCCCCCCC(=O)NC(COC1OC(CO)C(O)C(O)C1O)C(O)/C=C/CC/C=C/CC/C=C/CCCCCCCC. The molecule has 0 spiro atoms. The van der Waals surface area contributed by atoms with Gasteiger partial charge in [0.1, 0.15) is 24.4 Å². The van der Waals surface area contributed by atoms with Gasteiger partial charge < -0.3 is 40.3 Å². The highest BCUT2D eigenvalue weighted by molar-refractivity contribution is 5.76. The summed E-state index contributed by atoms with van der Waals surface area (Å²) in [5.74, 6) is -0.194. The first-order valence-corrected chi connectivity index (χ1v) is 32.4. The number of allylic oxidation sites excluding steroid dienone is 21. The van der Waals surface area contributed by atoms with Crippen LogP contribution in [0.4, 0.5) is 0 Å². The molecule has 0 bridgehead atoms. The number of aliphatic hydroxyl groups excluding tert-OH is 5. The van der Waals surface area contributed by atoms with Crippen LogP contribution in [0.5, 0.6) is 0 Å². The van der Waals surface area contributed by atoms with E-state index in [1.807, 2.05) is 6.08 Å². The van der Waals surface area contributed by atoms with E-state index < -0.39 is 49.5 Å². The van der Waals surface area contributed by atoms with E-state index in [1.54, 1.807) is 6.08 Å². The van der Waals surface area contributed by atoms with Crippen molar-refractivity contribution in [3.8, 4) is 0 Å². The highest BCUT2D eigenvalue weighted by atomic mass is 16.7. The summed E-state index contributed by atoms with van der Waals surface area (Å²) in [6.07, 6.45) is 82.6. The topological polar surface area (TPSA) is 149 Å². The molecule has 80 heavy (non-hydrogen) atoms. The Morgan fingerprint density at radius 3 is 1.20 bits per heavy atom. The summed E-state index contributed by atoms with van der Waals surface area (Å²) in [5.41, 5.74) is 0. The first kappa shape index (κ1) is 74.3. The summed E-state index contributed by atoms with van der Waals surface area (Å²) in [5, 5.41) is 54.5. The van der Waals surface area contributed by atoms with Gasteiger partial charge in [-0.2, -0.15) is 0 Å². The summed E-state index contributed by atoms with van der Waals surface area (Å²) in [6, 6.07) is -0.835. The molecule has 1 heterocycles. The molecule has 456 valence electrons. The molecular formula is C71H119NO8. The van der Waals surface area contributed by atoms with Crippen molar-refractivity contribution in [2.75, 3.05) is 13.2 Å². The van der Waals surface area contributed by atoms with Crippen molar-refractivity contribution in [2.45, 2.75) is 294 Å². The Labute approximate surface area is 490 Å². The van der Waals surface area contributed by atoms with Gasteiger partial charge >= 0.3 is 0 Å². The van der Waals surface area contributed by atoms with Gasteiger partial charge in [-0.25, -0.2) is 0 Å². The van der Waals surface area contributed by atoms with Gasteiger partial charge in [-0.3, -0.25) is 4.79 Å². The van der Waals surface area contributed by atoms with E-state index in [0.29, 0.717) is 6.42 Å². The van der Waals surface area contributed by atoms with E-state index in [0.717, 1.165) is 103 Å². The van der Waals surface area contributed by atoms with Crippen LogP contribution < -0.4 is 5.32 Å². The summed E-state index contributed by atoms with van der Waals surface area (Å²) >= 11 is 0. The second-order valence-electron chi connectivity index (χ2n) is 21.8. The molecule has 0 aliphatic carbocycles. The van der Waals surface area contributed by atoms with Gasteiger partial charge in [-0.15, -0.1) is 0 Å². The minimum Gasteiger partial charge on any atom is -0.394 e. The standard InChI is InChI=1S/C71H119NO8/c1-3-5-7-9-11-13-15-17-19-21-22-23-24-25-26-27-28-29-30-31-32-33-34-35-36-37-38-39-40-41-42-43-44-45-47-49-51-53-55-57-59-61-67(75)72-64(63-79-71-70(78)69(77)68(76)66(62-73)80-71)65(74)60-58-56-54-52-50-48-46-20-18-16-14-12-10-8-6-4-2/h5,7,11,13,17-20,22-23,25-26,28-29,31-32,34-35,50,52,58,60,64-66,68-71,73-74,76-78H,3-4,6,8-10,12,14-16,21,24,27,30,33,36-49,51,53-57,59,61-63H2,1-2H3,(H,72,75)/b7-5-,13-11-,19-17-,20-18+,23-22-,26-25-,29-28-,32-31-,35-34-,52-50+,60-58+. The lowest BCUT2D eigenvalue weighted by atomic mass is 9.99. The van der Waals surface area contributed by atoms with Crippen molar-refractivity contribution in [1.82, 2.24) is 5.32 Å². The molecule has 1 aliphatic heterocycles. The molecular weight excluding hydrogens is 995 g/mol. The molecule has 1 rings (SSSR count). The van der Waals surface area contributed by atoms with Crippen molar-refractivity contribution in [1.29, 1.82) is 0 Å². The lowest BCUT2D eigenvalue weighted by Gasteiger charge is -2.40. The average molecular weight is 1110 g/mol. The Balaban J connectivity index is 2.11. The van der Waals surface area contributed by atoms with Gasteiger partial charge in [0.25, 0.3) is 0 Å². The number of ether oxygens (including phenoxy) is 2. The molecule has 9 nitrogen and oxygen atoms in total. The van der Waals surface area contributed by atoms with E-state index in [4.69, 9.17) is 9.47 Å². The Morgan fingerprint density at radius 2 is 0.787 bits per heavy atom. The fraction of sp³-hybridized carbons (Fsp3) is 0.676. The van der Waals surface area contributed by atoms with Gasteiger partial charge in [-0.1, -0.05) is 270 Å². The molecule has 1 saturated heterocycles. The number of nitrogens with one attached hydrogen (secondary N) is 1. The number of unbranched alkanes of at least 4 members (excludes halogenated alkanes) is 24. The third-order valence-corrected chi connectivity index (χ3v) is 14.4. The highest BCUT2D eigenvalue weighted by Crippen LogP contribution is 2.23. The summed E-state index contributed by atoms with van der Waals surface area (Å²) in [6.45, 7) is 3.63. The van der Waals surface area contributed by atoms with Gasteiger partial charge in [0, 0.05) is 6.42 Å². The second kappa shape index (κ2) is 58.5. The summed E-state index contributed by atoms with van der Waals surface area (Å²) < 4.78 is 11.3. The quantitative estimate of drug-likeness (QED) is 0.0261. The fourth-order valence-corrected chi connectivity index (χ4v) is 9.38. The maximum Gasteiger partial charge on any atom is 0.220 e. The molecule has 0 aromatic heterocycles. The van der Waals surface area contributed by atoms with Crippen molar-refractivity contribution in [3.63, 3.8) is 0 Å². The van der Waals surface area contributed by atoms with Gasteiger partial charge in [0.2, 0.25) is 5.91 Å². The number of carbonyl (C=O) groups is 1. The molecule has 9 heteroatoms. The van der Waals surface area contributed by atoms with Crippen LogP contribution in [-0.4, -0.2) is 87.5 Å². The van der Waals surface area contributed by atoms with Crippen LogP contribution in [0.15, 0.2) is 134 Å². The molecule has 0 aromatic carbocycles. The average Bonchev–Trinajstić information content (AvgIpc) is 3.46. The maximum atomic E-state index is 13.1. The third kappa shape index (κ3) is 46.9. The zero-order valence-electron chi connectivity index (χ0n) is 50.8. The minimum absolute atomic E-state index is 0.194. The van der Waals surface area contributed by atoms with E-state index in [9.17, 15) is 30.3 Å². The van der Waals surface area contributed by atoms with Crippen molar-refractivity contribution in [3.05, 3.63) is 134 Å². The molecule has 0 radical (unpaired) electrons. The third-order valence-electron chi connectivity index (χ3n) is 14.4. The Bertz CT molecular complexity index is 1720. The van der Waals surface area contributed by atoms with E-state index >= 15 is 0 Å². The van der Waals surface area contributed by atoms with E-state index in [1.165, 1.54) is 128 Å². The molecule has 0 aromatic rings. The number of rotatable bonds is 54. The second-order valence-corrected chi connectivity index (χ2v) is 21.8. The van der Waals surface area contributed by atoms with Gasteiger partial charge in [0.05, 0.1) is 25.4 Å². The largest absolute Gasteiger partial charge is 0.394 e. The lowest BCUT2D eigenvalue weighted by molar-refractivity contribution is -0.302. The fourth-order valence-electron chi connectivity index (χ4n) is 9.38. The number of amides is 1. The van der Waals surface area contributed by atoms with Crippen molar-refractivity contribution >= 4 is 5.91 Å². The van der Waals surface area contributed by atoms with Crippen LogP contribution in [0, 0.1) is 0 Å². The molecule has 1 aliphatic rings. The Morgan fingerprint density at radius 1 is 0.438 bits per heavy atom. The first-order chi connectivity index (χ1) is 39.3. The monoisotopic (exact) mass is 1110 g/mol. The van der Waals surface area contributed by atoms with Crippen LogP contribution in [0.3, 0.4) is 0 Å². The molecule has 6 N–H and O–H groups in total. The number of hydrogen-bond acceptors (Lipinski definition) is 8. The summed E-state index contributed by atoms with van der Waals surface area (Å²) in [4.78, 5) is 13.1. The maximum absolute atomic E-state index is 13.1. The van der Waals surface area contributed by atoms with Crippen LogP contribution in [0.1, 0.15) is 251 Å². The zero-order valence-corrected chi connectivity index (χ0v) is 50.8.